The van der Waals surface area contributed by atoms with Gasteiger partial charge in [0.05, 0.1) is 23.3 Å². The van der Waals surface area contributed by atoms with Crippen molar-refractivity contribution in [2.45, 2.75) is 0 Å². The van der Waals surface area contributed by atoms with Crippen molar-refractivity contribution in [3.63, 3.8) is 0 Å². The second-order valence-electron chi connectivity index (χ2n) is 9.58. The molecule has 7 aromatic rings. The maximum atomic E-state index is 9.61. The molecule has 0 amide bonds. The SMILES string of the molecule is N#Cc1ccc2cc(-c3ccc(-c4cccc5ccccc45)c4ccccc34)c3ccc(C#N)cc3c2c1. The lowest BCUT2D eigenvalue weighted by Crippen LogP contribution is -1.90. The van der Waals surface area contributed by atoms with Gasteiger partial charge in [0, 0.05) is 0 Å². The molecule has 0 atom stereocenters. The number of fused-ring (bicyclic) bond motifs is 5. The van der Waals surface area contributed by atoms with Crippen molar-refractivity contribution in [3.8, 4) is 34.4 Å². The first-order valence-corrected chi connectivity index (χ1v) is 12.6. The van der Waals surface area contributed by atoms with E-state index < -0.39 is 0 Å². The van der Waals surface area contributed by atoms with Crippen LogP contribution in [-0.4, -0.2) is 0 Å². The Morgan fingerprint density at radius 1 is 0.342 bits per heavy atom. The molecule has 0 fully saturated rings. The van der Waals surface area contributed by atoms with Gasteiger partial charge < -0.3 is 0 Å². The predicted octanol–water partition coefficient (Wildman–Crippen LogP) is 9.38. The number of nitriles is 2. The third-order valence-electron chi connectivity index (χ3n) is 7.51. The van der Waals surface area contributed by atoms with Gasteiger partial charge in [0.15, 0.2) is 0 Å². The summed E-state index contributed by atoms with van der Waals surface area (Å²) < 4.78 is 0. The van der Waals surface area contributed by atoms with Crippen LogP contribution < -0.4 is 0 Å². The van der Waals surface area contributed by atoms with E-state index in [4.69, 9.17) is 0 Å². The summed E-state index contributed by atoms with van der Waals surface area (Å²) in [6.45, 7) is 0. The van der Waals surface area contributed by atoms with Gasteiger partial charge in [0.25, 0.3) is 0 Å². The minimum absolute atomic E-state index is 0.606. The summed E-state index contributed by atoms with van der Waals surface area (Å²) >= 11 is 0. The molecule has 0 saturated heterocycles. The molecule has 0 spiro atoms. The first kappa shape index (κ1) is 21.8. The predicted molar refractivity (Wildman–Crippen MR) is 157 cm³/mol. The Balaban J connectivity index is 1.56. The number of rotatable bonds is 2. The largest absolute Gasteiger partial charge is 0.192 e. The Bertz CT molecular complexity index is 2150. The summed E-state index contributed by atoms with van der Waals surface area (Å²) in [6, 6.07) is 46.4. The van der Waals surface area contributed by atoms with Crippen LogP contribution in [0.5, 0.6) is 0 Å². The maximum absolute atomic E-state index is 9.61. The van der Waals surface area contributed by atoms with Gasteiger partial charge in [-0.05, 0) is 95.7 Å². The lowest BCUT2D eigenvalue weighted by atomic mass is 9.87. The highest BCUT2D eigenvalue weighted by Gasteiger charge is 2.15. The van der Waals surface area contributed by atoms with E-state index in [0.29, 0.717) is 11.1 Å². The summed E-state index contributed by atoms with van der Waals surface area (Å²) in [5.74, 6) is 0. The molecule has 0 bridgehead atoms. The molecule has 0 aliphatic heterocycles. The molecular formula is C36H20N2. The topological polar surface area (TPSA) is 47.6 Å². The monoisotopic (exact) mass is 480 g/mol. The first-order chi connectivity index (χ1) is 18.7. The van der Waals surface area contributed by atoms with Gasteiger partial charge in [-0.1, -0.05) is 91.0 Å². The molecule has 0 N–H and O–H groups in total. The first-order valence-electron chi connectivity index (χ1n) is 12.6. The van der Waals surface area contributed by atoms with Gasteiger partial charge in [-0.3, -0.25) is 0 Å². The molecule has 0 aliphatic carbocycles. The molecule has 2 heteroatoms. The minimum atomic E-state index is 0.606. The third-order valence-corrected chi connectivity index (χ3v) is 7.51. The summed E-state index contributed by atoms with van der Waals surface area (Å²) in [6.07, 6.45) is 0. The molecule has 0 heterocycles. The quantitative estimate of drug-likeness (QED) is 0.231. The molecule has 0 aliphatic rings. The number of hydrogen-bond donors (Lipinski definition) is 0. The summed E-state index contributed by atoms with van der Waals surface area (Å²) in [5.41, 5.74) is 5.90. The van der Waals surface area contributed by atoms with E-state index in [0.717, 1.165) is 32.7 Å². The van der Waals surface area contributed by atoms with Crippen LogP contribution >= 0.6 is 0 Å². The molecular weight excluding hydrogens is 460 g/mol. The normalized spacial score (nSPS) is 11.1. The smallest absolute Gasteiger partial charge is 0.0991 e. The van der Waals surface area contributed by atoms with Crippen LogP contribution in [0.15, 0.2) is 121 Å². The van der Waals surface area contributed by atoms with Gasteiger partial charge >= 0.3 is 0 Å². The minimum Gasteiger partial charge on any atom is -0.192 e. The standard InChI is InChI=1S/C36H20N2/c37-21-23-12-14-26-20-36(33-15-13-24(22-38)19-35(33)34(26)18-23)32-17-16-31(29-9-3-4-10-30(29)32)28-11-5-7-25-6-1-2-8-27(25)28/h1-20H. The van der Waals surface area contributed by atoms with Crippen molar-refractivity contribution in [1.29, 1.82) is 10.5 Å². The zero-order valence-corrected chi connectivity index (χ0v) is 20.4. The third kappa shape index (κ3) is 3.33. The summed E-state index contributed by atoms with van der Waals surface area (Å²) in [4.78, 5) is 0. The average molecular weight is 481 g/mol. The van der Waals surface area contributed by atoms with Crippen molar-refractivity contribution >= 4 is 43.1 Å². The van der Waals surface area contributed by atoms with Crippen LogP contribution in [0.25, 0.3) is 65.3 Å². The molecule has 0 radical (unpaired) electrons. The Hall–Kier alpha value is -5.44. The Labute approximate surface area is 220 Å². The average Bonchev–Trinajstić information content (AvgIpc) is 2.99. The Morgan fingerprint density at radius 3 is 1.63 bits per heavy atom. The maximum Gasteiger partial charge on any atom is 0.0991 e. The van der Waals surface area contributed by atoms with Gasteiger partial charge in [-0.2, -0.15) is 10.5 Å². The molecule has 0 saturated carbocycles. The Morgan fingerprint density at radius 2 is 0.895 bits per heavy atom. The van der Waals surface area contributed by atoms with E-state index in [1.54, 1.807) is 0 Å². The van der Waals surface area contributed by atoms with Gasteiger partial charge in [-0.25, -0.2) is 0 Å². The van der Waals surface area contributed by atoms with Gasteiger partial charge in [0.1, 0.15) is 0 Å². The molecule has 0 aromatic heterocycles. The van der Waals surface area contributed by atoms with E-state index in [2.05, 4.69) is 97.1 Å². The zero-order chi connectivity index (χ0) is 25.6. The van der Waals surface area contributed by atoms with E-state index >= 15 is 0 Å². The number of hydrogen-bond acceptors (Lipinski definition) is 2. The van der Waals surface area contributed by atoms with Crippen molar-refractivity contribution in [3.05, 3.63) is 132 Å². The highest BCUT2D eigenvalue weighted by molar-refractivity contribution is 6.18. The van der Waals surface area contributed by atoms with Crippen molar-refractivity contribution in [2.24, 2.45) is 0 Å². The van der Waals surface area contributed by atoms with Crippen LogP contribution in [0.3, 0.4) is 0 Å². The fourth-order valence-electron chi connectivity index (χ4n) is 5.74. The molecule has 174 valence electrons. The fraction of sp³-hybridized carbons (Fsp3) is 0. The number of nitrogens with zero attached hydrogens (tertiary/aromatic N) is 2. The van der Waals surface area contributed by atoms with E-state index in [1.165, 1.54) is 32.7 Å². The second kappa shape index (κ2) is 8.59. The van der Waals surface area contributed by atoms with Crippen LogP contribution in [-0.2, 0) is 0 Å². The zero-order valence-electron chi connectivity index (χ0n) is 20.4. The van der Waals surface area contributed by atoms with Crippen molar-refractivity contribution < 1.29 is 0 Å². The van der Waals surface area contributed by atoms with Crippen LogP contribution in [0.1, 0.15) is 11.1 Å². The highest BCUT2D eigenvalue weighted by atomic mass is 14.3. The van der Waals surface area contributed by atoms with Gasteiger partial charge in [0.2, 0.25) is 0 Å². The molecule has 38 heavy (non-hydrogen) atoms. The number of benzene rings is 7. The van der Waals surface area contributed by atoms with Gasteiger partial charge in [-0.15, -0.1) is 0 Å². The highest BCUT2D eigenvalue weighted by Crippen LogP contribution is 2.42. The summed E-state index contributed by atoms with van der Waals surface area (Å²) in [7, 11) is 0. The van der Waals surface area contributed by atoms with Crippen LogP contribution in [0.4, 0.5) is 0 Å². The van der Waals surface area contributed by atoms with E-state index in [1.807, 2.05) is 36.4 Å². The lowest BCUT2D eigenvalue weighted by molar-refractivity contribution is 1.49. The molecule has 2 nitrogen and oxygen atoms in total. The van der Waals surface area contributed by atoms with Crippen molar-refractivity contribution in [2.75, 3.05) is 0 Å². The fourth-order valence-corrected chi connectivity index (χ4v) is 5.74. The van der Waals surface area contributed by atoms with E-state index in [-0.39, 0.29) is 0 Å². The van der Waals surface area contributed by atoms with Crippen LogP contribution in [0.2, 0.25) is 0 Å². The molecule has 7 aromatic carbocycles. The van der Waals surface area contributed by atoms with E-state index in [9.17, 15) is 10.5 Å². The summed E-state index contributed by atoms with van der Waals surface area (Å²) in [5, 5.41) is 28.0. The van der Waals surface area contributed by atoms with Crippen molar-refractivity contribution in [1.82, 2.24) is 0 Å². The molecule has 0 unspecified atom stereocenters. The lowest BCUT2D eigenvalue weighted by Gasteiger charge is -2.16. The Kier molecular flexibility index (Phi) is 4.93. The van der Waals surface area contributed by atoms with Crippen LogP contribution in [0, 0.1) is 22.7 Å². The molecule has 7 rings (SSSR count). The second-order valence-corrected chi connectivity index (χ2v) is 9.58.